The first kappa shape index (κ1) is 21.7. The minimum Gasteiger partial charge on any atom is -0.377 e. The topological polar surface area (TPSA) is 66.0 Å². The molecule has 0 bridgehead atoms. The quantitative estimate of drug-likeness (QED) is 0.566. The fraction of sp³-hybridized carbons (Fsp3) is 0.895. The smallest absolute Gasteiger partial charge is 0.243 e. The molecule has 1 aliphatic rings. The van der Waals surface area contributed by atoms with Crippen LogP contribution >= 0.6 is 0 Å². The zero-order valence-corrected chi connectivity index (χ0v) is 17.2. The van der Waals surface area contributed by atoms with E-state index in [1.165, 1.54) is 0 Å². The lowest BCUT2D eigenvalue weighted by Crippen LogP contribution is -2.48. The van der Waals surface area contributed by atoms with Gasteiger partial charge in [-0.05, 0) is 24.2 Å². The number of carbonyl (C=O) groups excluding carboxylic acids is 1. The molecular weight excluding hydrogens is 316 g/mol. The summed E-state index contributed by atoms with van der Waals surface area (Å²) < 4.78 is 6.05. The molecule has 6 nitrogen and oxygen atoms in total. The Labute approximate surface area is 153 Å². The van der Waals surface area contributed by atoms with E-state index in [1.54, 1.807) is 19.0 Å². The van der Waals surface area contributed by atoms with Crippen LogP contribution in [0.25, 0.3) is 0 Å². The first-order chi connectivity index (χ1) is 11.6. The van der Waals surface area contributed by atoms with Gasteiger partial charge in [-0.1, -0.05) is 34.6 Å². The van der Waals surface area contributed by atoms with Gasteiger partial charge in [-0.25, -0.2) is 4.99 Å². The third kappa shape index (κ3) is 8.08. The normalized spacial score (nSPS) is 22.0. The molecule has 2 atom stereocenters. The molecule has 146 valence electrons. The second-order valence-corrected chi connectivity index (χ2v) is 8.67. The maximum Gasteiger partial charge on any atom is 0.243 e. The number of guanidine groups is 1. The largest absolute Gasteiger partial charge is 0.377 e. The highest BCUT2D eigenvalue weighted by molar-refractivity contribution is 5.84. The van der Waals surface area contributed by atoms with E-state index in [9.17, 15) is 4.79 Å². The summed E-state index contributed by atoms with van der Waals surface area (Å²) in [5, 5.41) is 6.76. The Morgan fingerprint density at radius 1 is 1.28 bits per heavy atom. The number of nitrogens with one attached hydrogen (secondary N) is 2. The van der Waals surface area contributed by atoms with E-state index in [0.29, 0.717) is 17.8 Å². The molecule has 6 heteroatoms. The molecule has 25 heavy (non-hydrogen) atoms. The Morgan fingerprint density at radius 3 is 2.52 bits per heavy atom. The summed E-state index contributed by atoms with van der Waals surface area (Å²) in [7, 11) is 3.50. The third-order valence-corrected chi connectivity index (χ3v) is 4.38. The molecule has 1 amide bonds. The van der Waals surface area contributed by atoms with Gasteiger partial charge < -0.3 is 20.3 Å². The van der Waals surface area contributed by atoms with Crippen molar-refractivity contribution in [3.63, 3.8) is 0 Å². The SMILES string of the molecule is CC(C)CNC(=NCC(=O)N(C)C)NCC1CCCOC1C(C)(C)C. The van der Waals surface area contributed by atoms with Gasteiger partial charge in [0.2, 0.25) is 5.91 Å². The van der Waals surface area contributed by atoms with Gasteiger partial charge in [-0.2, -0.15) is 0 Å². The van der Waals surface area contributed by atoms with Crippen molar-refractivity contribution in [1.29, 1.82) is 0 Å². The Morgan fingerprint density at radius 2 is 1.96 bits per heavy atom. The first-order valence-corrected chi connectivity index (χ1v) is 9.45. The van der Waals surface area contributed by atoms with Crippen molar-refractivity contribution in [3.05, 3.63) is 0 Å². The van der Waals surface area contributed by atoms with E-state index < -0.39 is 0 Å². The molecule has 0 saturated carbocycles. The summed E-state index contributed by atoms with van der Waals surface area (Å²) in [6.45, 7) is 13.6. The van der Waals surface area contributed by atoms with Crippen molar-refractivity contribution in [2.45, 2.75) is 53.6 Å². The van der Waals surface area contributed by atoms with Crippen LogP contribution in [0.1, 0.15) is 47.5 Å². The van der Waals surface area contributed by atoms with Crippen LogP contribution in [0.5, 0.6) is 0 Å². The number of likely N-dealkylation sites (N-methyl/N-ethyl adjacent to an activating group) is 1. The van der Waals surface area contributed by atoms with Gasteiger partial charge in [0.05, 0.1) is 6.10 Å². The highest BCUT2D eigenvalue weighted by Crippen LogP contribution is 2.33. The van der Waals surface area contributed by atoms with Crippen LogP contribution in [-0.2, 0) is 9.53 Å². The number of hydrogen-bond donors (Lipinski definition) is 2. The molecule has 2 unspecified atom stereocenters. The van der Waals surface area contributed by atoms with Crippen molar-refractivity contribution in [3.8, 4) is 0 Å². The summed E-state index contributed by atoms with van der Waals surface area (Å²) in [6, 6.07) is 0. The molecular formula is C19H38N4O2. The molecule has 1 heterocycles. The fourth-order valence-corrected chi connectivity index (χ4v) is 3.00. The van der Waals surface area contributed by atoms with Gasteiger partial charge in [0.1, 0.15) is 6.54 Å². The lowest BCUT2D eigenvalue weighted by Gasteiger charge is -2.40. The summed E-state index contributed by atoms with van der Waals surface area (Å²) in [5.74, 6) is 1.67. The Hall–Kier alpha value is -1.30. The number of aliphatic imine (C=N–C) groups is 1. The van der Waals surface area contributed by atoms with Crippen LogP contribution in [0.15, 0.2) is 4.99 Å². The first-order valence-electron chi connectivity index (χ1n) is 9.45. The van der Waals surface area contributed by atoms with Crippen molar-refractivity contribution >= 4 is 11.9 Å². The summed E-state index contributed by atoms with van der Waals surface area (Å²) in [5.41, 5.74) is 0.121. The van der Waals surface area contributed by atoms with E-state index in [2.05, 4.69) is 50.2 Å². The Kier molecular flexibility index (Phi) is 8.69. The Balaban J connectivity index is 2.69. The van der Waals surface area contributed by atoms with Crippen LogP contribution in [0.3, 0.4) is 0 Å². The standard InChI is InChI=1S/C19H38N4O2/c1-14(2)11-20-18(22-13-16(24)23(6)7)21-12-15-9-8-10-25-17(15)19(3,4)5/h14-15,17H,8-13H2,1-7H3,(H2,20,21,22). The summed E-state index contributed by atoms with van der Waals surface area (Å²) >= 11 is 0. The zero-order chi connectivity index (χ0) is 19.0. The number of nitrogens with zero attached hydrogens (tertiary/aromatic N) is 2. The van der Waals surface area contributed by atoms with Crippen LogP contribution < -0.4 is 10.6 Å². The molecule has 0 aromatic rings. The van der Waals surface area contributed by atoms with Crippen LogP contribution in [0, 0.1) is 17.3 Å². The average Bonchev–Trinajstić information content (AvgIpc) is 2.52. The minimum atomic E-state index is -0.000727. The Bertz CT molecular complexity index is 441. The lowest BCUT2D eigenvalue weighted by molar-refractivity contribution is -0.127. The van der Waals surface area contributed by atoms with E-state index in [0.717, 1.165) is 32.5 Å². The van der Waals surface area contributed by atoms with E-state index in [1.807, 2.05) is 0 Å². The molecule has 1 saturated heterocycles. The molecule has 0 aromatic heterocycles. The second-order valence-electron chi connectivity index (χ2n) is 8.67. The molecule has 2 N–H and O–H groups in total. The van der Waals surface area contributed by atoms with Gasteiger partial charge in [0, 0.05) is 39.7 Å². The number of hydrogen-bond acceptors (Lipinski definition) is 3. The number of rotatable bonds is 6. The van der Waals surface area contributed by atoms with Gasteiger partial charge in [0.25, 0.3) is 0 Å². The van der Waals surface area contributed by atoms with E-state index >= 15 is 0 Å². The third-order valence-electron chi connectivity index (χ3n) is 4.38. The number of amides is 1. The van der Waals surface area contributed by atoms with Gasteiger partial charge in [0.15, 0.2) is 5.96 Å². The fourth-order valence-electron chi connectivity index (χ4n) is 3.00. The molecule has 0 aromatic carbocycles. The molecule has 0 spiro atoms. The van der Waals surface area contributed by atoms with Crippen molar-refractivity contribution < 1.29 is 9.53 Å². The van der Waals surface area contributed by atoms with Gasteiger partial charge in [-0.3, -0.25) is 4.79 Å². The van der Waals surface area contributed by atoms with Crippen LogP contribution in [-0.4, -0.2) is 63.2 Å². The highest BCUT2D eigenvalue weighted by atomic mass is 16.5. The van der Waals surface area contributed by atoms with Gasteiger partial charge >= 0.3 is 0 Å². The lowest BCUT2D eigenvalue weighted by atomic mass is 9.78. The summed E-state index contributed by atoms with van der Waals surface area (Å²) in [4.78, 5) is 17.8. The molecule has 1 aliphatic heterocycles. The van der Waals surface area contributed by atoms with Crippen LogP contribution in [0.4, 0.5) is 0 Å². The van der Waals surface area contributed by atoms with E-state index in [-0.39, 0.29) is 24.0 Å². The molecule has 0 aliphatic carbocycles. The molecule has 1 fully saturated rings. The molecule has 0 radical (unpaired) electrons. The monoisotopic (exact) mass is 354 g/mol. The predicted octanol–water partition coefficient (Wildman–Crippen LogP) is 2.11. The van der Waals surface area contributed by atoms with Crippen molar-refractivity contribution in [2.24, 2.45) is 22.2 Å². The van der Waals surface area contributed by atoms with Crippen molar-refractivity contribution in [1.82, 2.24) is 15.5 Å². The van der Waals surface area contributed by atoms with Crippen molar-refractivity contribution in [2.75, 3.05) is 40.3 Å². The number of carbonyl (C=O) groups is 1. The summed E-state index contributed by atoms with van der Waals surface area (Å²) in [6.07, 6.45) is 2.50. The number of ether oxygens (including phenoxy) is 1. The average molecular weight is 355 g/mol. The predicted molar refractivity (Wildman–Crippen MR) is 104 cm³/mol. The zero-order valence-electron chi connectivity index (χ0n) is 17.2. The maximum atomic E-state index is 11.8. The molecule has 1 rings (SSSR count). The van der Waals surface area contributed by atoms with E-state index in [4.69, 9.17) is 4.74 Å². The maximum absolute atomic E-state index is 11.8. The second kappa shape index (κ2) is 10.00. The van der Waals surface area contributed by atoms with Crippen LogP contribution in [0.2, 0.25) is 0 Å². The van der Waals surface area contributed by atoms with Gasteiger partial charge in [-0.15, -0.1) is 0 Å². The highest BCUT2D eigenvalue weighted by Gasteiger charge is 2.35. The minimum absolute atomic E-state index is 0.000727.